The highest BCUT2D eigenvalue weighted by Crippen LogP contribution is 2.29. The van der Waals surface area contributed by atoms with Crippen LogP contribution in [0.25, 0.3) is 0 Å². The number of halogens is 1. The van der Waals surface area contributed by atoms with E-state index in [1.54, 1.807) is 0 Å². The molecule has 0 aliphatic rings. The zero-order valence-corrected chi connectivity index (χ0v) is 9.36. The molecule has 0 unspecified atom stereocenters. The van der Waals surface area contributed by atoms with Crippen LogP contribution >= 0.6 is 0 Å². The van der Waals surface area contributed by atoms with Crippen LogP contribution in [0.3, 0.4) is 0 Å². The first-order valence-corrected chi connectivity index (χ1v) is 4.90. The number of aldehydes is 1. The summed E-state index contributed by atoms with van der Waals surface area (Å²) in [6.07, 6.45) is 0.126. The number of hydrogen-bond donors (Lipinski definition) is 1. The third-order valence-electron chi connectivity index (χ3n) is 2.51. The van der Waals surface area contributed by atoms with Gasteiger partial charge < -0.3 is 5.11 Å². The van der Waals surface area contributed by atoms with E-state index < -0.39 is 29.1 Å². The van der Waals surface area contributed by atoms with Gasteiger partial charge in [0.15, 0.2) is 12.1 Å². The molecule has 0 fully saturated rings. The second-order valence-electron chi connectivity index (χ2n) is 3.69. The highest BCUT2D eigenvalue weighted by Gasteiger charge is 2.21. The van der Waals surface area contributed by atoms with Gasteiger partial charge in [0, 0.05) is 11.6 Å². The molecule has 90 valence electrons. The number of benzene rings is 1. The van der Waals surface area contributed by atoms with E-state index in [-0.39, 0.29) is 17.4 Å². The van der Waals surface area contributed by atoms with Gasteiger partial charge in [-0.25, -0.2) is 4.39 Å². The Morgan fingerprint density at radius 3 is 2.47 bits per heavy atom. The Balaban J connectivity index is 3.34. The largest absolute Gasteiger partial charge is 0.508 e. The van der Waals surface area contributed by atoms with Crippen molar-refractivity contribution in [1.29, 1.82) is 0 Å². The predicted molar refractivity (Wildman–Crippen MR) is 57.6 cm³/mol. The maximum absolute atomic E-state index is 13.3. The number of phenolic OH excluding ortho intramolecular Hbond substituents is 1. The van der Waals surface area contributed by atoms with Gasteiger partial charge in [-0.1, -0.05) is 6.92 Å². The van der Waals surface area contributed by atoms with Crippen molar-refractivity contribution in [3.8, 4) is 5.75 Å². The van der Waals surface area contributed by atoms with E-state index >= 15 is 0 Å². The predicted octanol–water partition coefficient (Wildman–Crippen LogP) is 1.61. The van der Waals surface area contributed by atoms with E-state index in [1.165, 1.54) is 13.8 Å². The van der Waals surface area contributed by atoms with Crippen molar-refractivity contribution in [2.45, 2.75) is 19.8 Å². The fourth-order valence-corrected chi connectivity index (χ4v) is 1.45. The number of aromatic hydroxyl groups is 1. The molecule has 0 saturated carbocycles. The molecule has 0 aliphatic carbocycles. The molecule has 17 heavy (non-hydrogen) atoms. The lowest BCUT2D eigenvalue weighted by molar-refractivity contribution is -0.130. The number of carbonyl (C=O) groups is 3. The van der Waals surface area contributed by atoms with E-state index in [2.05, 4.69) is 0 Å². The Morgan fingerprint density at radius 2 is 2.00 bits per heavy atom. The fourth-order valence-electron chi connectivity index (χ4n) is 1.45. The van der Waals surface area contributed by atoms with Gasteiger partial charge in [-0.15, -0.1) is 0 Å². The van der Waals surface area contributed by atoms with Gasteiger partial charge in [0.25, 0.3) is 0 Å². The van der Waals surface area contributed by atoms with Crippen molar-refractivity contribution in [3.63, 3.8) is 0 Å². The minimum absolute atomic E-state index is 0.0636. The highest BCUT2D eigenvalue weighted by molar-refractivity contribution is 6.27. The molecule has 1 rings (SSSR count). The summed E-state index contributed by atoms with van der Waals surface area (Å²) in [6, 6.07) is 1.86. The second-order valence-corrected chi connectivity index (χ2v) is 3.69. The van der Waals surface area contributed by atoms with Crippen LogP contribution in [-0.4, -0.2) is 23.0 Å². The molecule has 1 N–H and O–H groups in total. The Labute approximate surface area is 97.1 Å². The van der Waals surface area contributed by atoms with Crippen LogP contribution in [-0.2, 0) is 9.59 Å². The Morgan fingerprint density at radius 1 is 1.41 bits per heavy atom. The molecule has 4 nitrogen and oxygen atoms in total. The first kappa shape index (κ1) is 13.0. The van der Waals surface area contributed by atoms with Gasteiger partial charge in [-0.3, -0.25) is 14.4 Å². The van der Waals surface area contributed by atoms with E-state index in [1.807, 2.05) is 0 Å². The lowest BCUT2D eigenvalue weighted by Crippen LogP contribution is -2.11. The Kier molecular flexibility index (Phi) is 3.73. The first-order chi connectivity index (χ1) is 7.88. The van der Waals surface area contributed by atoms with Gasteiger partial charge in [0.2, 0.25) is 5.78 Å². The van der Waals surface area contributed by atoms with Gasteiger partial charge in [0.05, 0.1) is 11.5 Å². The molecule has 1 aromatic rings. The second kappa shape index (κ2) is 4.86. The third-order valence-corrected chi connectivity index (χ3v) is 2.51. The molecule has 0 saturated heterocycles. The summed E-state index contributed by atoms with van der Waals surface area (Å²) in [5, 5.41) is 9.49. The van der Waals surface area contributed by atoms with Crippen molar-refractivity contribution in [2.24, 2.45) is 0 Å². The number of carbonyl (C=O) groups excluding carboxylic acids is 3. The van der Waals surface area contributed by atoms with E-state index in [9.17, 15) is 23.9 Å². The lowest BCUT2D eigenvalue weighted by atomic mass is 9.93. The zero-order valence-electron chi connectivity index (χ0n) is 9.36. The Hall–Kier alpha value is -2.04. The molecule has 0 aliphatic heterocycles. The standard InChI is InChI=1S/C12H11FO4/c1-6(12(17)5-14)8-3-9(7(2)15)10(13)4-11(8)16/h3-6,16H,1-2H3/t6-/m1/s1. The fraction of sp³-hybridized carbons (Fsp3) is 0.250. The van der Waals surface area contributed by atoms with Crippen molar-refractivity contribution >= 4 is 17.9 Å². The van der Waals surface area contributed by atoms with Crippen LogP contribution in [0.2, 0.25) is 0 Å². The molecule has 1 atom stereocenters. The summed E-state index contributed by atoms with van der Waals surface area (Å²) in [7, 11) is 0. The van der Waals surface area contributed by atoms with Gasteiger partial charge in [-0.2, -0.15) is 0 Å². The number of Topliss-reactive ketones (excluding diaryl/α,β-unsaturated/α-hetero) is 2. The van der Waals surface area contributed by atoms with Crippen molar-refractivity contribution in [3.05, 3.63) is 29.1 Å². The molecule has 0 amide bonds. The van der Waals surface area contributed by atoms with E-state index in [4.69, 9.17) is 0 Å². The van der Waals surface area contributed by atoms with Gasteiger partial charge in [0.1, 0.15) is 11.6 Å². The first-order valence-electron chi connectivity index (χ1n) is 4.90. The highest BCUT2D eigenvalue weighted by atomic mass is 19.1. The quantitative estimate of drug-likeness (QED) is 0.491. The monoisotopic (exact) mass is 238 g/mol. The SMILES string of the molecule is CC(=O)c1cc([C@@H](C)C(=O)C=O)c(O)cc1F. The summed E-state index contributed by atoms with van der Waals surface area (Å²) >= 11 is 0. The molecular weight excluding hydrogens is 227 g/mol. The topological polar surface area (TPSA) is 71.4 Å². The maximum Gasteiger partial charge on any atom is 0.202 e. The summed E-state index contributed by atoms with van der Waals surface area (Å²) < 4.78 is 13.3. The number of hydrogen-bond acceptors (Lipinski definition) is 4. The lowest BCUT2D eigenvalue weighted by Gasteiger charge is -2.11. The molecule has 0 radical (unpaired) electrons. The third kappa shape index (κ3) is 2.55. The molecule has 0 spiro atoms. The van der Waals surface area contributed by atoms with E-state index in [0.29, 0.717) is 0 Å². The van der Waals surface area contributed by atoms with Crippen molar-refractivity contribution < 1.29 is 23.9 Å². The number of ketones is 2. The van der Waals surface area contributed by atoms with Crippen molar-refractivity contribution in [1.82, 2.24) is 0 Å². The van der Waals surface area contributed by atoms with Gasteiger partial charge in [-0.05, 0) is 13.0 Å². The summed E-state index contributed by atoms with van der Waals surface area (Å²) in [5.41, 5.74) is -0.156. The normalized spacial score (nSPS) is 11.9. The molecule has 0 aromatic heterocycles. The van der Waals surface area contributed by atoms with Crippen LogP contribution < -0.4 is 0 Å². The summed E-state index contributed by atoms with van der Waals surface area (Å²) in [4.78, 5) is 32.6. The number of phenols is 1. The molecule has 0 bridgehead atoms. The van der Waals surface area contributed by atoms with Crippen LogP contribution in [0.4, 0.5) is 4.39 Å². The Bertz CT molecular complexity index is 494. The summed E-state index contributed by atoms with van der Waals surface area (Å²) in [6.45, 7) is 2.57. The van der Waals surface area contributed by atoms with Gasteiger partial charge >= 0.3 is 0 Å². The van der Waals surface area contributed by atoms with Crippen LogP contribution in [0.15, 0.2) is 12.1 Å². The molecule has 0 heterocycles. The van der Waals surface area contributed by atoms with Crippen LogP contribution in [0.1, 0.15) is 35.7 Å². The number of rotatable bonds is 4. The average Bonchev–Trinajstić information content (AvgIpc) is 2.26. The van der Waals surface area contributed by atoms with Crippen LogP contribution in [0.5, 0.6) is 5.75 Å². The molecule has 5 heteroatoms. The van der Waals surface area contributed by atoms with Crippen LogP contribution in [0, 0.1) is 5.82 Å². The maximum atomic E-state index is 13.3. The molecule has 1 aromatic carbocycles. The van der Waals surface area contributed by atoms with Crippen molar-refractivity contribution in [2.75, 3.05) is 0 Å². The molecular formula is C12H11FO4. The minimum Gasteiger partial charge on any atom is -0.508 e. The minimum atomic E-state index is -0.911. The smallest absolute Gasteiger partial charge is 0.202 e. The zero-order chi connectivity index (χ0) is 13.2. The average molecular weight is 238 g/mol. The summed E-state index contributed by atoms with van der Waals surface area (Å²) in [5.74, 6) is -3.48. The van der Waals surface area contributed by atoms with E-state index in [0.717, 1.165) is 12.1 Å².